The Labute approximate surface area is 181 Å². The van der Waals surface area contributed by atoms with Gasteiger partial charge in [0, 0.05) is 11.8 Å². The number of hydrogen-bond donors (Lipinski definition) is 2. The third-order valence-electron chi connectivity index (χ3n) is 4.75. The van der Waals surface area contributed by atoms with E-state index < -0.39 is 16.0 Å². The van der Waals surface area contributed by atoms with Gasteiger partial charge in [0.15, 0.2) is 11.5 Å². The molecule has 0 saturated heterocycles. The first-order valence-electron chi connectivity index (χ1n) is 9.48. The van der Waals surface area contributed by atoms with Gasteiger partial charge in [-0.15, -0.1) is 0 Å². The minimum absolute atomic E-state index is 0.0625. The predicted molar refractivity (Wildman–Crippen MR) is 118 cm³/mol. The van der Waals surface area contributed by atoms with Crippen molar-refractivity contribution in [1.29, 1.82) is 0 Å². The third-order valence-corrected chi connectivity index (χ3v) is 6.13. The summed E-state index contributed by atoms with van der Waals surface area (Å²) in [6.07, 6.45) is 1.38. The number of hydrogen-bond acceptors (Lipinski definition) is 5. The van der Waals surface area contributed by atoms with Gasteiger partial charge in [0.2, 0.25) is 0 Å². The van der Waals surface area contributed by atoms with Crippen LogP contribution < -0.4 is 14.2 Å². The summed E-state index contributed by atoms with van der Waals surface area (Å²) >= 11 is 0. The van der Waals surface area contributed by atoms with Gasteiger partial charge in [-0.25, -0.2) is 13.2 Å². The molecule has 0 heterocycles. The zero-order chi connectivity index (χ0) is 22.4. The predicted octanol–water partition coefficient (Wildman–Crippen LogP) is 3.99. The van der Waals surface area contributed by atoms with Gasteiger partial charge in [-0.05, 0) is 60.4 Å². The second kappa shape index (κ2) is 9.53. The molecular weight excluding hydrogens is 418 g/mol. The van der Waals surface area contributed by atoms with E-state index in [9.17, 15) is 13.2 Å². The maximum Gasteiger partial charge on any atom is 0.335 e. The average molecular weight is 442 g/mol. The number of sulfonamides is 1. The summed E-state index contributed by atoms with van der Waals surface area (Å²) in [4.78, 5) is 11.1. The molecule has 0 unspecified atom stereocenters. The van der Waals surface area contributed by atoms with Crippen molar-refractivity contribution in [3.63, 3.8) is 0 Å². The number of carboxylic acids is 1. The maximum atomic E-state index is 12.7. The monoisotopic (exact) mass is 441 g/mol. The molecule has 0 bridgehead atoms. The topological polar surface area (TPSA) is 102 Å². The number of methoxy groups -OCH3 is 2. The summed E-state index contributed by atoms with van der Waals surface area (Å²) in [7, 11) is -0.869. The summed E-state index contributed by atoms with van der Waals surface area (Å²) in [6.45, 7) is 0. The molecule has 0 saturated carbocycles. The molecule has 3 aromatic carbocycles. The summed E-state index contributed by atoms with van der Waals surface area (Å²) in [5, 5.41) is 9.09. The van der Waals surface area contributed by atoms with E-state index in [0.29, 0.717) is 30.0 Å². The fraction of sp³-hybridized carbons (Fsp3) is 0.174. The van der Waals surface area contributed by atoms with E-state index >= 15 is 0 Å². The van der Waals surface area contributed by atoms with Crippen molar-refractivity contribution in [2.75, 3.05) is 18.9 Å². The zero-order valence-corrected chi connectivity index (χ0v) is 18.0. The van der Waals surface area contributed by atoms with Crippen LogP contribution in [0.1, 0.15) is 21.5 Å². The van der Waals surface area contributed by atoms with Crippen molar-refractivity contribution >= 4 is 21.7 Å². The van der Waals surface area contributed by atoms with Crippen molar-refractivity contribution in [2.45, 2.75) is 17.7 Å². The zero-order valence-electron chi connectivity index (χ0n) is 17.2. The van der Waals surface area contributed by atoms with Gasteiger partial charge in [-0.3, -0.25) is 4.72 Å². The van der Waals surface area contributed by atoms with E-state index in [1.54, 1.807) is 30.3 Å². The van der Waals surface area contributed by atoms with Gasteiger partial charge in [-0.2, -0.15) is 0 Å². The Morgan fingerprint density at radius 3 is 2.19 bits per heavy atom. The SMILES string of the molecule is COc1ccc(S(=O)(=O)Nc2ccc(CCc3cccc(C(=O)O)c3)cc2)cc1OC. The molecule has 0 atom stereocenters. The van der Waals surface area contributed by atoms with Crippen LogP contribution >= 0.6 is 0 Å². The molecule has 0 aromatic heterocycles. The molecule has 3 aromatic rings. The number of nitrogens with one attached hydrogen (secondary N) is 1. The van der Waals surface area contributed by atoms with Crippen LogP contribution in [-0.4, -0.2) is 33.7 Å². The highest BCUT2D eigenvalue weighted by Gasteiger charge is 2.17. The summed E-state index contributed by atoms with van der Waals surface area (Å²) < 4.78 is 38.3. The number of aryl methyl sites for hydroxylation is 2. The summed E-state index contributed by atoms with van der Waals surface area (Å²) in [6, 6.07) is 18.3. The first kappa shape index (κ1) is 22.2. The van der Waals surface area contributed by atoms with Crippen LogP contribution in [0.25, 0.3) is 0 Å². The second-order valence-electron chi connectivity index (χ2n) is 6.82. The molecule has 2 N–H and O–H groups in total. The molecule has 0 amide bonds. The molecule has 31 heavy (non-hydrogen) atoms. The average Bonchev–Trinajstić information content (AvgIpc) is 2.78. The minimum Gasteiger partial charge on any atom is -0.493 e. The van der Waals surface area contributed by atoms with Gasteiger partial charge in [-0.1, -0.05) is 24.3 Å². The van der Waals surface area contributed by atoms with Crippen LogP contribution in [0.2, 0.25) is 0 Å². The van der Waals surface area contributed by atoms with Gasteiger partial charge < -0.3 is 14.6 Å². The number of aromatic carboxylic acids is 1. The standard InChI is InChI=1S/C23H23NO6S/c1-29-21-13-12-20(15-22(21)30-2)31(27,28)24-19-10-8-16(9-11-19)6-7-17-4-3-5-18(14-17)23(25)26/h3-5,8-15,24H,6-7H2,1-2H3,(H,25,26). The van der Waals surface area contributed by atoms with Crippen LogP contribution in [0.15, 0.2) is 71.6 Å². The lowest BCUT2D eigenvalue weighted by Gasteiger charge is -2.12. The Morgan fingerprint density at radius 2 is 1.55 bits per heavy atom. The molecular formula is C23H23NO6S. The minimum atomic E-state index is -3.79. The fourth-order valence-electron chi connectivity index (χ4n) is 3.09. The van der Waals surface area contributed by atoms with Gasteiger partial charge in [0.1, 0.15) is 0 Å². The number of benzene rings is 3. The van der Waals surface area contributed by atoms with Gasteiger partial charge in [0.25, 0.3) is 10.0 Å². The number of rotatable bonds is 9. The Kier molecular flexibility index (Phi) is 6.81. The lowest BCUT2D eigenvalue weighted by molar-refractivity contribution is 0.0696. The highest BCUT2D eigenvalue weighted by atomic mass is 32.2. The third kappa shape index (κ3) is 5.55. The Morgan fingerprint density at radius 1 is 0.871 bits per heavy atom. The lowest BCUT2D eigenvalue weighted by Crippen LogP contribution is -2.13. The van der Waals surface area contributed by atoms with E-state index in [2.05, 4.69) is 4.72 Å². The van der Waals surface area contributed by atoms with Crippen LogP contribution in [-0.2, 0) is 22.9 Å². The summed E-state index contributed by atoms with van der Waals surface area (Å²) in [5.41, 5.74) is 2.64. The molecule has 7 nitrogen and oxygen atoms in total. The molecule has 0 radical (unpaired) electrons. The van der Waals surface area contributed by atoms with Gasteiger partial charge >= 0.3 is 5.97 Å². The first-order valence-corrected chi connectivity index (χ1v) is 11.0. The fourth-order valence-corrected chi connectivity index (χ4v) is 4.16. The Bertz CT molecular complexity index is 1170. The van der Waals surface area contributed by atoms with Crippen molar-refractivity contribution in [2.24, 2.45) is 0 Å². The van der Waals surface area contributed by atoms with E-state index in [4.69, 9.17) is 14.6 Å². The normalized spacial score (nSPS) is 11.0. The quantitative estimate of drug-likeness (QED) is 0.521. The van der Waals surface area contributed by atoms with E-state index in [1.807, 2.05) is 18.2 Å². The van der Waals surface area contributed by atoms with Crippen molar-refractivity contribution in [1.82, 2.24) is 0 Å². The Hall–Kier alpha value is -3.52. The van der Waals surface area contributed by atoms with E-state index in [0.717, 1.165) is 11.1 Å². The maximum absolute atomic E-state index is 12.7. The summed E-state index contributed by atoms with van der Waals surface area (Å²) in [5.74, 6) is -0.180. The highest BCUT2D eigenvalue weighted by molar-refractivity contribution is 7.92. The second-order valence-corrected chi connectivity index (χ2v) is 8.51. The van der Waals surface area contributed by atoms with Crippen molar-refractivity contribution in [3.05, 3.63) is 83.4 Å². The molecule has 0 spiro atoms. The number of anilines is 1. The lowest BCUT2D eigenvalue weighted by atomic mass is 10.0. The number of ether oxygens (including phenoxy) is 2. The van der Waals surface area contributed by atoms with E-state index in [-0.39, 0.29) is 10.5 Å². The molecule has 3 rings (SSSR count). The molecule has 0 fully saturated rings. The van der Waals surface area contributed by atoms with Gasteiger partial charge in [0.05, 0.1) is 24.7 Å². The van der Waals surface area contributed by atoms with Crippen molar-refractivity contribution < 1.29 is 27.8 Å². The molecule has 0 aliphatic heterocycles. The van der Waals surface area contributed by atoms with E-state index in [1.165, 1.54) is 32.4 Å². The van der Waals surface area contributed by atoms with Crippen molar-refractivity contribution in [3.8, 4) is 11.5 Å². The largest absolute Gasteiger partial charge is 0.493 e. The number of carbonyl (C=O) groups is 1. The van der Waals surface area contributed by atoms with Crippen LogP contribution in [0.4, 0.5) is 5.69 Å². The highest BCUT2D eigenvalue weighted by Crippen LogP contribution is 2.30. The first-order chi connectivity index (χ1) is 14.8. The Balaban J connectivity index is 1.67. The van der Waals surface area contributed by atoms with Crippen LogP contribution in [0, 0.1) is 0 Å². The van der Waals surface area contributed by atoms with Crippen LogP contribution in [0.3, 0.4) is 0 Å². The molecule has 162 valence electrons. The number of carboxylic acid groups (broad SMARTS) is 1. The molecule has 8 heteroatoms. The molecule has 0 aliphatic rings. The smallest absolute Gasteiger partial charge is 0.335 e. The molecule has 0 aliphatic carbocycles. The van der Waals surface area contributed by atoms with Crippen LogP contribution in [0.5, 0.6) is 11.5 Å².